The minimum absolute atomic E-state index is 0.0410. The lowest BCUT2D eigenvalue weighted by Crippen LogP contribution is -2.20. The average Bonchev–Trinajstić information content (AvgIpc) is 4.11. The highest BCUT2D eigenvalue weighted by atomic mass is 32.2. The number of furan rings is 2. The fraction of sp³-hybridized carbons (Fsp3) is 0.333. The number of nitrogens with two attached hydrogens (primary N) is 3. The van der Waals surface area contributed by atoms with E-state index in [-0.39, 0.29) is 23.5 Å². The van der Waals surface area contributed by atoms with Crippen molar-refractivity contribution in [1.82, 2.24) is 49.1 Å². The predicted octanol–water partition coefficient (Wildman–Crippen LogP) is 4.24. The van der Waals surface area contributed by atoms with Gasteiger partial charge in [-0.25, -0.2) is 8.42 Å². The molecule has 0 aliphatic carbocycles. The van der Waals surface area contributed by atoms with Crippen LogP contribution < -0.4 is 27.8 Å². The largest absolute Gasteiger partial charge is 0.461 e. The van der Waals surface area contributed by atoms with Crippen LogP contribution in [0.25, 0.3) is 34.7 Å². The normalized spacial score (nSPS) is 12.3. The van der Waals surface area contributed by atoms with Gasteiger partial charge in [-0.2, -0.15) is 38.9 Å². The second-order valence-electron chi connectivity index (χ2n) is 14.8. The van der Waals surface area contributed by atoms with Gasteiger partial charge in [0.2, 0.25) is 39.3 Å². The Morgan fingerprint density at radius 2 is 1.25 bits per heavy atom. The predicted molar refractivity (Wildman–Crippen MR) is 242 cm³/mol. The van der Waals surface area contributed by atoms with Crippen molar-refractivity contribution >= 4 is 44.9 Å². The number of methoxy groups -OCH3 is 2. The Morgan fingerprint density at radius 3 is 1.80 bits per heavy atom. The van der Waals surface area contributed by atoms with Crippen molar-refractivity contribution < 1.29 is 26.7 Å². The van der Waals surface area contributed by atoms with Crippen LogP contribution in [0.1, 0.15) is 30.5 Å². The monoisotopic (exact) mass is 895 g/mol. The minimum Gasteiger partial charge on any atom is -0.461 e. The summed E-state index contributed by atoms with van der Waals surface area (Å²) in [4.78, 5) is 24.6. The molecule has 64 heavy (non-hydrogen) atoms. The van der Waals surface area contributed by atoms with Crippen molar-refractivity contribution in [1.29, 1.82) is 0 Å². The number of ether oxygens (including phenoxy) is 2. The lowest BCUT2D eigenvalue weighted by Gasteiger charge is -2.14. The Kier molecular flexibility index (Phi) is 15.9. The van der Waals surface area contributed by atoms with Crippen molar-refractivity contribution in [3.05, 3.63) is 102 Å². The fourth-order valence-electron chi connectivity index (χ4n) is 6.27. The van der Waals surface area contributed by atoms with Crippen molar-refractivity contribution in [2.24, 2.45) is 11.7 Å². The molecule has 2 unspecified atom stereocenters. The Morgan fingerprint density at radius 1 is 0.703 bits per heavy atom. The van der Waals surface area contributed by atoms with Crippen LogP contribution in [0.4, 0.5) is 23.5 Å². The van der Waals surface area contributed by atoms with Gasteiger partial charge in [0.05, 0.1) is 19.1 Å². The Bertz CT molecular complexity index is 2780. The summed E-state index contributed by atoms with van der Waals surface area (Å²) in [5.41, 5.74) is 22.1. The van der Waals surface area contributed by atoms with Gasteiger partial charge in [-0.3, -0.25) is 0 Å². The van der Waals surface area contributed by atoms with E-state index in [0.717, 1.165) is 42.3 Å². The van der Waals surface area contributed by atoms with E-state index in [1.165, 1.54) is 27.5 Å². The fourth-order valence-corrected chi connectivity index (χ4v) is 6.78. The zero-order valence-corrected chi connectivity index (χ0v) is 37.1. The van der Waals surface area contributed by atoms with Gasteiger partial charge in [0.15, 0.2) is 11.5 Å². The molecule has 21 nitrogen and oxygen atoms in total. The molecule has 0 bridgehead atoms. The maximum atomic E-state index is 11.4. The van der Waals surface area contributed by atoms with E-state index in [2.05, 4.69) is 113 Å². The Hall–Kier alpha value is -7.01. The molecule has 0 fully saturated rings. The number of nitrogens with zero attached hydrogens (tertiary/aromatic N) is 10. The van der Waals surface area contributed by atoms with Gasteiger partial charge in [0.1, 0.15) is 0 Å². The third-order valence-electron chi connectivity index (χ3n) is 9.23. The molecule has 0 aliphatic heterocycles. The van der Waals surface area contributed by atoms with Crippen molar-refractivity contribution in [2.75, 3.05) is 68.9 Å². The quantitative estimate of drug-likeness (QED) is 0.0854. The molecule has 0 aliphatic rings. The summed E-state index contributed by atoms with van der Waals surface area (Å²) >= 11 is 0. The van der Waals surface area contributed by atoms with Crippen LogP contribution in [0.15, 0.2) is 99.3 Å². The minimum atomic E-state index is -3.57. The van der Waals surface area contributed by atoms with E-state index in [1.54, 1.807) is 44.7 Å². The second kappa shape index (κ2) is 21.9. The molecule has 0 saturated heterocycles. The van der Waals surface area contributed by atoms with Gasteiger partial charge in [0.25, 0.3) is 16.7 Å². The van der Waals surface area contributed by atoms with Gasteiger partial charge >= 0.3 is 0 Å². The number of fused-ring (bicyclic) bond motifs is 2. The molecule has 0 spiro atoms. The van der Waals surface area contributed by atoms with Crippen molar-refractivity contribution in [3.8, 4) is 23.2 Å². The van der Waals surface area contributed by atoms with E-state index in [0.29, 0.717) is 60.7 Å². The summed E-state index contributed by atoms with van der Waals surface area (Å²) in [5.74, 6) is 3.06. The zero-order valence-electron chi connectivity index (χ0n) is 36.2. The van der Waals surface area contributed by atoms with Crippen LogP contribution in [0.5, 0.6) is 0 Å². The Balaban J connectivity index is 0.000000172. The van der Waals surface area contributed by atoms with Crippen LogP contribution >= 0.6 is 0 Å². The number of hydrogen-bond acceptors (Lipinski definition) is 19. The summed E-state index contributed by atoms with van der Waals surface area (Å²) < 4.78 is 46.1. The zero-order chi connectivity index (χ0) is 45.6. The van der Waals surface area contributed by atoms with Gasteiger partial charge < -0.3 is 46.1 Å². The van der Waals surface area contributed by atoms with Crippen LogP contribution in [0.2, 0.25) is 0 Å². The van der Waals surface area contributed by atoms with E-state index < -0.39 is 15.0 Å². The molecule has 8 aromatic rings. The SMILES string of the molecule is COCC(C)Cc1ccc(CCNc2nc(N)n3nc(-c4ccco4)nc3n2)cc1.COCC(C)Nc1ccc(CCN)cc1.CS(=O)(=O)c1nc(N)n2nc(-c3ccco3)nc2n1. The van der Waals surface area contributed by atoms with Gasteiger partial charge in [-0.05, 0) is 91.7 Å². The number of nitrogens with one attached hydrogen (secondary N) is 2. The molecule has 8 N–H and O–H groups in total. The smallest absolute Gasteiger partial charge is 0.259 e. The molecule has 8 rings (SSSR count). The third kappa shape index (κ3) is 12.8. The molecular weight excluding hydrogens is 843 g/mol. The van der Waals surface area contributed by atoms with Crippen LogP contribution in [0, 0.1) is 5.92 Å². The Labute approximate surface area is 369 Å². The summed E-state index contributed by atoms with van der Waals surface area (Å²) in [6.07, 6.45) is 6.81. The number of benzene rings is 2. The first kappa shape index (κ1) is 46.5. The average molecular weight is 896 g/mol. The molecule has 6 heterocycles. The molecule has 338 valence electrons. The molecule has 2 atom stereocenters. The summed E-state index contributed by atoms with van der Waals surface area (Å²) in [7, 11) is -0.118. The number of nitrogen functional groups attached to an aromatic ring is 2. The standard InChI is InChI=1S/C21H25N7O2.C12H20N2O.C9H8N6O3S/c1-14(13-29-2)12-16-7-5-15(6-8-16)9-10-23-20-25-19(22)28-21(26-20)24-18(27-28)17-4-3-11-30-17;1-10(9-15-2)14-12-5-3-11(4-6-12)7-8-13;1-19(16,17)9-12-7(10)15-8(13-9)11-6(14-15)5-3-2-4-18-5/h3-8,11,14H,9-10,12-13H2,1-2H3,(H3,22,23,24,25,26,27);3-6,10,14H,7-9,13H2,1-2H3;2-4H,1H3,(H2,10,11,12,13,14). The number of hydrogen-bond donors (Lipinski definition) is 5. The highest BCUT2D eigenvalue weighted by Crippen LogP contribution is 2.20. The van der Waals surface area contributed by atoms with E-state index in [4.69, 9.17) is 35.5 Å². The molecule has 0 amide bonds. The molecule has 0 radical (unpaired) electrons. The van der Waals surface area contributed by atoms with E-state index in [1.807, 2.05) is 0 Å². The summed E-state index contributed by atoms with van der Waals surface area (Å²) in [6, 6.07) is 24.3. The number of aromatic nitrogens is 10. The number of anilines is 4. The highest BCUT2D eigenvalue weighted by Gasteiger charge is 2.19. The van der Waals surface area contributed by atoms with Gasteiger partial charge in [-0.15, -0.1) is 10.2 Å². The van der Waals surface area contributed by atoms with Crippen LogP contribution in [-0.4, -0.2) is 110 Å². The van der Waals surface area contributed by atoms with Gasteiger partial charge in [-0.1, -0.05) is 43.3 Å². The third-order valence-corrected chi connectivity index (χ3v) is 10.1. The van der Waals surface area contributed by atoms with Crippen molar-refractivity contribution in [3.63, 3.8) is 0 Å². The maximum Gasteiger partial charge on any atom is 0.259 e. The maximum absolute atomic E-state index is 11.4. The van der Waals surface area contributed by atoms with Crippen LogP contribution in [-0.2, 0) is 38.6 Å². The van der Waals surface area contributed by atoms with Crippen LogP contribution in [0.3, 0.4) is 0 Å². The molecular formula is C42H53N15O6S. The number of rotatable bonds is 17. The van der Waals surface area contributed by atoms with E-state index in [9.17, 15) is 8.42 Å². The first-order chi connectivity index (χ1) is 30.8. The first-order valence-corrected chi connectivity index (χ1v) is 22.2. The second-order valence-corrected chi connectivity index (χ2v) is 16.7. The van der Waals surface area contributed by atoms with E-state index >= 15 is 0 Å². The molecule has 6 aromatic heterocycles. The molecule has 2 aromatic carbocycles. The van der Waals surface area contributed by atoms with Crippen molar-refractivity contribution in [2.45, 2.75) is 44.3 Å². The summed E-state index contributed by atoms with van der Waals surface area (Å²) in [6.45, 7) is 7.15. The summed E-state index contributed by atoms with van der Waals surface area (Å²) in [5, 5.41) is 14.5. The first-order valence-electron chi connectivity index (χ1n) is 20.3. The lowest BCUT2D eigenvalue weighted by molar-refractivity contribution is 0.159. The molecule has 0 saturated carbocycles. The number of sulfone groups is 1. The lowest BCUT2D eigenvalue weighted by atomic mass is 10.00. The highest BCUT2D eigenvalue weighted by molar-refractivity contribution is 7.90. The topological polar surface area (TPSA) is 293 Å². The van der Waals surface area contributed by atoms with Gasteiger partial charge in [0, 0.05) is 45.4 Å². The molecule has 22 heteroatoms.